The third-order valence-electron chi connectivity index (χ3n) is 2.41. The van der Waals surface area contributed by atoms with Crippen molar-refractivity contribution in [1.29, 1.82) is 0 Å². The molecule has 0 bridgehead atoms. The lowest BCUT2D eigenvalue weighted by molar-refractivity contribution is 0.652. The van der Waals surface area contributed by atoms with Crippen LogP contribution in [-0.4, -0.2) is 12.6 Å². The van der Waals surface area contributed by atoms with Crippen molar-refractivity contribution in [2.45, 2.75) is 18.9 Å². The minimum Gasteiger partial charge on any atom is -0.383 e. The summed E-state index contributed by atoms with van der Waals surface area (Å²) in [5.41, 5.74) is 8.47. The molecule has 3 heteroatoms. The number of nitrogens with two attached hydrogens (primary N) is 1. The van der Waals surface area contributed by atoms with Gasteiger partial charge in [0, 0.05) is 22.7 Å². The fraction of sp³-hybridized carbons (Fsp3) is 0.400. The third-order valence-corrected chi connectivity index (χ3v) is 2.90. The average Bonchev–Trinajstić information content (AvgIpc) is 2.29. The van der Waals surface area contributed by atoms with Gasteiger partial charge in [-0.05, 0) is 36.6 Å². The molecule has 0 radical (unpaired) electrons. The molecule has 1 aromatic carbocycles. The topological polar surface area (TPSA) is 38.0 Å². The van der Waals surface area contributed by atoms with Gasteiger partial charge in [0.15, 0.2) is 0 Å². The van der Waals surface area contributed by atoms with E-state index in [1.807, 2.05) is 0 Å². The fourth-order valence-corrected chi connectivity index (χ4v) is 2.03. The van der Waals surface area contributed by atoms with Crippen LogP contribution in [0.15, 0.2) is 22.7 Å². The Kier molecular flexibility index (Phi) is 2.56. The molecule has 1 aliphatic heterocycles. The first-order chi connectivity index (χ1) is 6.25. The molecule has 2 rings (SSSR count). The summed E-state index contributed by atoms with van der Waals surface area (Å²) < 4.78 is 1.14. The fourth-order valence-electron chi connectivity index (χ4n) is 1.63. The lowest BCUT2D eigenvalue weighted by Gasteiger charge is -2.08. The summed E-state index contributed by atoms with van der Waals surface area (Å²) in [6, 6.07) is 6.62. The molecule has 0 fully saturated rings. The van der Waals surface area contributed by atoms with Crippen LogP contribution in [0.5, 0.6) is 0 Å². The van der Waals surface area contributed by atoms with Gasteiger partial charge in [-0.25, -0.2) is 0 Å². The van der Waals surface area contributed by atoms with E-state index in [0.717, 1.165) is 23.9 Å². The predicted octanol–water partition coefficient (Wildman–Crippen LogP) is 2.13. The van der Waals surface area contributed by atoms with Gasteiger partial charge in [0.05, 0.1) is 0 Å². The van der Waals surface area contributed by atoms with E-state index in [4.69, 9.17) is 5.73 Å². The highest BCUT2D eigenvalue weighted by Gasteiger charge is 2.11. The quantitative estimate of drug-likeness (QED) is 0.730. The maximum absolute atomic E-state index is 5.88. The van der Waals surface area contributed by atoms with Gasteiger partial charge in [-0.15, -0.1) is 0 Å². The van der Waals surface area contributed by atoms with E-state index in [1.54, 1.807) is 0 Å². The van der Waals surface area contributed by atoms with Gasteiger partial charge in [-0.2, -0.15) is 0 Å². The van der Waals surface area contributed by atoms with Crippen LogP contribution >= 0.6 is 15.9 Å². The molecular formula is C10H13BrN2. The average molecular weight is 241 g/mol. The Hall–Kier alpha value is -0.540. The Morgan fingerprint density at radius 3 is 3.15 bits per heavy atom. The van der Waals surface area contributed by atoms with Gasteiger partial charge in [0.2, 0.25) is 0 Å². The smallest absolute Gasteiger partial charge is 0.0374 e. The number of halogens is 1. The first-order valence-electron chi connectivity index (χ1n) is 4.53. The summed E-state index contributed by atoms with van der Waals surface area (Å²) in [5.74, 6) is 0. The van der Waals surface area contributed by atoms with Gasteiger partial charge in [-0.3, -0.25) is 0 Å². The number of fused-ring (bicyclic) bond motifs is 1. The molecule has 1 unspecified atom stereocenters. The van der Waals surface area contributed by atoms with Gasteiger partial charge < -0.3 is 11.1 Å². The highest BCUT2D eigenvalue weighted by molar-refractivity contribution is 9.10. The van der Waals surface area contributed by atoms with Gasteiger partial charge in [0.1, 0.15) is 0 Å². The number of rotatable bonds is 0. The third kappa shape index (κ3) is 2.03. The molecule has 1 atom stereocenters. The monoisotopic (exact) mass is 240 g/mol. The van der Waals surface area contributed by atoms with Crippen molar-refractivity contribution in [2.75, 3.05) is 11.9 Å². The maximum atomic E-state index is 5.88. The summed E-state index contributed by atoms with van der Waals surface area (Å²) >= 11 is 3.47. The van der Waals surface area contributed by atoms with Gasteiger partial charge in [-0.1, -0.05) is 15.9 Å². The summed E-state index contributed by atoms with van der Waals surface area (Å²) in [6.07, 6.45) is 2.14. The summed E-state index contributed by atoms with van der Waals surface area (Å²) in [5, 5.41) is 3.36. The van der Waals surface area contributed by atoms with E-state index < -0.39 is 0 Å². The predicted molar refractivity (Wildman–Crippen MR) is 58.9 cm³/mol. The minimum absolute atomic E-state index is 0.283. The number of hydrogen-bond donors (Lipinski definition) is 2. The first-order valence-corrected chi connectivity index (χ1v) is 5.33. The first kappa shape index (κ1) is 9.03. The van der Waals surface area contributed by atoms with Crippen LogP contribution in [0.1, 0.15) is 12.0 Å². The summed E-state index contributed by atoms with van der Waals surface area (Å²) in [7, 11) is 0. The molecule has 13 heavy (non-hydrogen) atoms. The zero-order valence-electron chi connectivity index (χ0n) is 7.39. The molecule has 1 heterocycles. The number of benzene rings is 1. The molecule has 0 aromatic heterocycles. The number of anilines is 1. The largest absolute Gasteiger partial charge is 0.383 e. The van der Waals surface area contributed by atoms with Crippen molar-refractivity contribution in [2.24, 2.45) is 5.73 Å². The lowest BCUT2D eigenvalue weighted by atomic mass is 10.1. The molecule has 0 aliphatic carbocycles. The second-order valence-electron chi connectivity index (χ2n) is 3.48. The Morgan fingerprint density at radius 1 is 1.46 bits per heavy atom. The lowest BCUT2D eigenvalue weighted by Crippen LogP contribution is -2.27. The second kappa shape index (κ2) is 3.68. The van der Waals surface area contributed by atoms with E-state index >= 15 is 0 Å². The Balaban J connectivity index is 2.30. The molecule has 3 N–H and O–H groups in total. The second-order valence-corrected chi connectivity index (χ2v) is 4.40. The zero-order valence-corrected chi connectivity index (χ0v) is 8.97. The van der Waals surface area contributed by atoms with Crippen molar-refractivity contribution in [3.05, 3.63) is 28.2 Å². The van der Waals surface area contributed by atoms with Crippen LogP contribution in [0.2, 0.25) is 0 Å². The maximum Gasteiger partial charge on any atom is 0.0374 e. The molecular weight excluding hydrogens is 228 g/mol. The molecule has 2 nitrogen and oxygen atoms in total. The Bertz CT molecular complexity index is 312. The van der Waals surface area contributed by atoms with Crippen molar-refractivity contribution in [3.63, 3.8) is 0 Å². The van der Waals surface area contributed by atoms with Crippen LogP contribution in [0, 0.1) is 0 Å². The number of aryl methyl sites for hydroxylation is 1. The van der Waals surface area contributed by atoms with Crippen molar-refractivity contribution in [3.8, 4) is 0 Å². The van der Waals surface area contributed by atoms with Crippen LogP contribution in [0.3, 0.4) is 0 Å². The summed E-state index contributed by atoms with van der Waals surface area (Å²) in [6.45, 7) is 0.884. The van der Waals surface area contributed by atoms with Crippen molar-refractivity contribution >= 4 is 21.6 Å². The summed E-state index contributed by atoms with van der Waals surface area (Å²) in [4.78, 5) is 0. The number of nitrogens with one attached hydrogen (secondary N) is 1. The van der Waals surface area contributed by atoms with Crippen molar-refractivity contribution < 1.29 is 0 Å². The van der Waals surface area contributed by atoms with E-state index in [0.29, 0.717) is 0 Å². The molecule has 70 valence electrons. The standard InChI is InChI=1S/C10H13BrN2/c11-8-2-4-10-7(5-8)1-3-9(12)6-13-10/h2,4-5,9,13H,1,3,6,12H2. The van der Waals surface area contributed by atoms with Crippen LogP contribution in [0.25, 0.3) is 0 Å². The van der Waals surface area contributed by atoms with Crippen LogP contribution < -0.4 is 11.1 Å². The Labute approximate surface area is 86.6 Å². The highest BCUT2D eigenvalue weighted by atomic mass is 79.9. The molecule has 0 amide bonds. The molecule has 0 saturated heterocycles. The van der Waals surface area contributed by atoms with Crippen LogP contribution in [0.4, 0.5) is 5.69 Å². The molecule has 1 aromatic rings. The molecule has 1 aliphatic rings. The normalized spacial score (nSPS) is 21.5. The number of hydrogen-bond acceptors (Lipinski definition) is 2. The van der Waals surface area contributed by atoms with E-state index in [1.165, 1.54) is 11.3 Å². The van der Waals surface area contributed by atoms with Gasteiger partial charge >= 0.3 is 0 Å². The molecule has 0 saturated carbocycles. The Morgan fingerprint density at radius 2 is 2.31 bits per heavy atom. The zero-order chi connectivity index (χ0) is 9.26. The highest BCUT2D eigenvalue weighted by Crippen LogP contribution is 2.24. The van der Waals surface area contributed by atoms with E-state index in [9.17, 15) is 0 Å². The van der Waals surface area contributed by atoms with E-state index in [-0.39, 0.29) is 6.04 Å². The molecule has 0 spiro atoms. The van der Waals surface area contributed by atoms with Crippen molar-refractivity contribution in [1.82, 2.24) is 0 Å². The van der Waals surface area contributed by atoms with Crippen LogP contribution in [-0.2, 0) is 6.42 Å². The van der Waals surface area contributed by atoms with E-state index in [2.05, 4.69) is 39.4 Å². The van der Waals surface area contributed by atoms with Gasteiger partial charge in [0.25, 0.3) is 0 Å². The minimum atomic E-state index is 0.283. The SMILES string of the molecule is NC1CCc2cc(Br)ccc2NC1.